The fourth-order valence-electron chi connectivity index (χ4n) is 2.54. The van der Waals surface area contributed by atoms with Gasteiger partial charge >= 0.3 is 6.18 Å². The van der Waals surface area contributed by atoms with Crippen molar-refractivity contribution in [3.8, 4) is 0 Å². The van der Waals surface area contributed by atoms with Crippen molar-refractivity contribution >= 4 is 15.9 Å². The van der Waals surface area contributed by atoms with E-state index in [9.17, 15) is 13.2 Å². The van der Waals surface area contributed by atoms with Crippen molar-refractivity contribution in [2.24, 2.45) is 0 Å². The molecule has 0 heterocycles. The van der Waals surface area contributed by atoms with Gasteiger partial charge in [0.2, 0.25) is 0 Å². The minimum absolute atomic E-state index is 0.140. The van der Waals surface area contributed by atoms with Gasteiger partial charge < -0.3 is 5.32 Å². The predicted molar refractivity (Wildman–Crippen MR) is 77.5 cm³/mol. The number of hydrogen-bond donors (Lipinski definition) is 1. The Morgan fingerprint density at radius 3 is 2.65 bits per heavy atom. The van der Waals surface area contributed by atoms with Crippen LogP contribution in [-0.4, -0.2) is 6.54 Å². The molecule has 1 aliphatic rings. The molecule has 0 saturated heterocycles. The first-order valence-electron chi connectivity index (χ1n) is 6.72. The second-order valence-corrected chi connectivity index (χ2v) is 5.75. The van der Waals surface area contributed by atoms with E-state index >= 15 is 0 Å². The molecule has 5 heteroatoms. The second-order valence-electron chi connectivity index (χ2n) is 4.90. The zero-order valence-corrected chi connectivity index (χ0v) is 12.8. The molecule has 0 radical (unpaired) electrons. The molecule has 0 saturated carbocycles. The molecule has 0 aliphatic heterocycles. The Morgan fingerprint density at radius 2 is 2.10 bits per heavy atom. The lowest BCUT2D eigenvalue weighted by atomic mass is 9.96. The van der Waals surface area contributed by atoms with Crippen LogP contribution in [0.15, 0.2) is 34.3 Å². The molecule has 1 nitrogen and oxygen atoms in total. The first-order chi connectivity index (χ1) is 9.43. The highest BCUT2D eigenvalue weighted by Gasteiger charge is 2.32. The smallest absolute Gasteiger partial charge is 0.307 e. The lowest BCUT2D eigenvalue weighted by molar-refractivity contribution is -0.137. The number of alkyl halides is 3. The van der Waals surface area contributed by atoms with Gasteiger partial charge in [0.15, 0.2) is 0 Å². The first kappa shape index (κ1) is 15.6. The first-order valence-corrected chi connectivity index (χ1v) is 7.51. The van der Waals surface area contributed by atoms with E-state index in [1.54, 1.807) is 0 Å². The number of hydrogen-bond acceptors (Lipinski definition) is 1. The Morgan fingerprint density at radius 1 is 1.35 bits per heavy atom. The highest BCUT2D eigenvalue weighted by molar-refractivity contribution is 9.10. The van der Waals surface area contributed by atoms with Gasteiger partial charge in [0, 0.05) is 4.47 Å². The number of nitrogens with one attached hydrogen (secondary N) is 1. The van der Waals surface area contributed by atoms with Gasteiger partial charge in [0.1, 0.15) is 0 Å². The predicted octanol–water partition coefficient (Wildman–Crippen LogP) is 5.23. The zero-order chi connectivity index (χ0) is 14.8. The minimum atomic E-state index is -4.31. The van der Waals surface area contributed by atoms with Crippen molar-refractivity contribution in [1.29, 1.82) is 0 Å². The van der Waals surface area contributed by atoms with Crippen LogP contribution in [0.5, 0.6) is 0 Å². The van der Waals surface area contributed by atoms with E-state index in [0.29, 0.717) is 16.6 Å². The third-order valence-electron chi connectivity index (χ3n) is 3.49. The number of benzene rings is 1. The van der Waals surface area contributed by atoms with Crippen LogP contribution in [-0.2, 0) is 6.18 Å². The fraction of sp³-hybridized carbons (Fsp3) is 0.467. The van der Waals surface area contributed by atoms with Crippen molar-refractivity contribution in [2.75, 3.05) is 6.54 Å². The minimum Gasteiger partial charge on any atom is -0.307 e. The molecule has 20 heavy (non-hydrogen) atoms. The summed E-state index contributed by atoms with van der Waals surface area (Å²) in [6, 6.07) is 3.70. The van der Waals surface area contributed by atoms with Gasteiger partial charge in [0.25, 0.3) is 0 Å². The molecule has 0 amide bonds. The molecule has 0 aromatic heterocycles. The summed E-state index contributed by atoms with van der Waals surface area (Å²) in [5.74, 6) is 0. The molecule has 2 rings (SSSR count). The van der Waals surface area contributed by atoms with Gasteiger partial charge in [-0.15, -0.1) is 0 Å². The summed E-state index contributed by atoms with van der Waals surface area (Å²) in [5.41, 5.74) is 1.25. The number of allylic oxidation sites excluding steroid dienone is 1. The van der Waals surface area contributed by atoms with Crippen LogP contribution >= 0.6 is 15.9 Å². The van der Waals surface area contributed by atoms with E-state index in [1.807, 2.05) is 6.92 Å². The van der Waals surface area contributed by atoms with Crippen LogP contribution in [0.2, 0.25) is 0 Å². The number of likely N-dealkylation sites (N-methyl/N-ethyl adjacent to an activating group) is 1. The van der Waals surface area contributed by atoms with Crippen LogP contribution in [0.25, 0.3) is 0 Å². The molecule has 1 aromatic carbocycles. The molecule has 0 spiro atoms. The Labute approximate surface area is 125 Å². The van der Waals surface area contributed by atoms with Crippen molar-refractivity contribution in [2.45, 2.75) is 38.4 Å². The molecular weight excluding hydrogens is 331 g/mol. The average Bonchev–Trinajstić information content (AvgIpc) is 2.89. The van der Waals surface area contributed by atoms with E-state index in [4.69, 9.17) is 0 Å². The van der Waals surface area contributed by atoms with Crippen molar-refractivity contribution in [1.82, 2.24) is 5.32 Å². The molecule has 1 atom stereocenters. The number of halogens is 4. The Kier molecular flexibility index (Phi) is 4.91. The molecule has 0 fully saturated rings. The Hall–Kier alpha value is -0.810. The summed E-state index contributed by atoms with van der Waals surface area (Å²) in [5, 5.41) is 3.29. The summed E-state index contributed by atoms with van der Waals surface area (Å²) in [6.45, 7) is 2.68. The van der Waals surface area contributed by atoms with Gasteiger partial charge in [-0.2, -0.15) is 13.2 Å². The molecule has 0 bridgehead atoms. The van der Waals surface area contributed by atoms with E-state index in [0.717, 1.165) is 25.3 Å². The van der Waals surface area contributed by atoms with Crippen LogP contribution in [0.1, 0.15) is 43.4 Å². The third-order valence-corrected chi connectivity index (χ3v) is 4.21. The average molecular weight is 348 g/mol. The van der Waals surface area contributed by atoms with E-state index < -0.39 is 11.7 Å². The van der Waals surface area contributed by atoms with Crippen LogP contribution in [0.4, 0.5) is 13.2 Å². The summed E-state index contributed by atoms with van der Waals surface area (Å²) in [7, 11) is 0. The zero-order valence-electron chi connectivity index (χ0n) is 11.2. The molecule has 1 unspecified atom stereocenters. The van der Waals surface area contributed by atoms with Crippen molar-refractivity contribution in [3.63, 3.8) is 0 Å². The van der Waals surface area contributed by atoms with Gasteiger partial charge in [-0.05, 0) is 49.6 Å². The normalized spacial score (nSPS) is 17.1. The maximum absolute atomic E-state index is 12.9. The van der Waals surface area contributed by atoms with Crippen LogP contribution in [0.3, 0.4) is 0 Å². The van der Waals surface area contributed by atoms with Gasteiger partial charge in [-0.1, -0.05) is 34.5 Å². The Bertz CT molecular complexity index is 508. The quantitative estimate of drug-likeness (QED) is 0.735. The van der Waals surface area contributed by atoms with Crippen molar-refractivity contribution in [3.05, 3.63) is 45.4 Å². The highest BCUT2D eigenvalue weighted by Crippen LogP contribution is 2.38. The highest BCUT2D eigenvalue weighted by atomic mass is 79.9. The summed E-state index contributed by atoms with van der Waals surface area (Å²) in [4.78, 5) is 0. The third kappa shape index (κ3) is 3.44. The maximum Gasteiger partial charge on any atom is 0.416 e. The SMILES string of the molecule is CCNC(C1=CCCC1)c1cc(C(F)(F)F)ccc1Br. The number of rotatable bonds is 4. The molecule has 1 aliphatic carbocycles. The summed E-state index contributed by atoms with van der Waals surface area (Å²) >= 11 is 3.38. The fourth-order valence-corrected chi connectivity index (χ4v) is 3.02. The molecular formula is C15H17BrF3N. The van der Waals surface area contributed by atoms with Crippen LogP contribution < -0.4 is 5.32 Å². The Balaban J connectivity index is 2.41. The lowest BCUT2D eigenvalue weighted by Crippen LogP contribution is -2.23. The second kappa shape index (κ2) is 6.31. The lowest BCUT2D eigenvalue weighted by Gasteiger charge is -2.22. The molecule has 1 N–H and O–H groups in total. The molecule has 110 valence electrons. The van der Waals surface area contributed by atoms with Crippen molar-refractivity contribution < 1.29 is 13.2 Å². The summed E-state index contributed by atoms with van der Waals surface area (Å²) in [6.07, 6.45) is 0.859. The largest absolute Gasteiger partial charge is 0.416 e. The maximum atomic E-state index is 12.9. The van der Waals surface area contributed by atoms with E-state index in [2.05, 4.69) is 27.3 Å². The van der Waals surface area contributed by atoms with Gasteiger partial charge in [-0.3, -0.25) is 0 Å². The standard InChI is InChI=1S/C15H17BrF3N/c1-2-20-14(10-5-3-4-6-10)12-9-11(15(17,18)19)7-8-13(12)16/h5,7-9,14,20H,2-4,6H2,1H3. The monoisotopic (exact) mass is 347 g/mol. The van der Waals surface area contributed by atoms with Gasteiger partial charge in [0.05, 0.1) is 11.6 Å². The summed E-state index contributed by atoms with van der Waals surface area (Å²) < 4.78 is 39.3. The topological polar surface area (TPSA) is 12.0 Å². The van der Waals surface area contributed by atoms with Crippen LogP contribution in [0, 0.1) is 0 Å². The van der Waals surface area contributed by atoms with E-state index in [1.165, 1.54) is 17.7 Å². The van der Waals surface area contributed by atoms with E-state index in [-0.39, 0.29) is 6.04 Å². The van der Waals surface area contributed by atoms with Gasteiger partial charge in [-0.25, -0.2) is 0 Å². The molecule has 1 aromatic rings.